The molecule has 1 aliphatic heterocycles. The molecule has 19 heavy (non-hydrogen) atoms. The summed E-state index contributed by atoms with van der Waals surface area (Å²) in [5.41, 5.74) is 0. The van der Waals surface area contributed by atoms with E-state index in [9.17, 15) is 4.79 Å². The second-order valence-electron chi connectivity index (χ2n) is 4.97. The van der Waals surface area contributed by atoms with Crippen molar-refractivity contribution in [2.75, 3.05) is 13.1 Å². The number of halogens is 3. The van der Waals surface area contributed by atoms with Gasteiger partial charge in [-0.1, -0.05) is 41.7 Å². The first kappa shape index (κ1) is 17.3. The van der Waals surface area contributed by atoms with Crippen molar-refractivity contribution < 1.29 is 9.53 Å². The monoisotopic (exact) mass is 330 g/mol. The largest absolute Gasteiger partial charge is 0.373 e. The van der Waals surface area contributed by atoms with Gasteiger partial charge in [-0.2, -0.15) is 0 Å². The van der Waals surface area contributed by atoms with Crippen LogP contribution in [0.5, 0.6) is 0 Å². The van der Waals surface area contributed by atoms with Crippen LogP contribution in [0.4, 0.5) is 0 Å². The van der Waals surface area contributed by atoms with E-state index in [4.69, 9.17) is 39.5 Å². The third-order valence-corrected chi connectivity index (χ3v) is 3.52. The molecule has 7 heteroatoms. The SMILES string of the molecule is CCCC(=O)N[C@@H](N1C[C@@H](C)O[C@H](C)C1)C(Cl)(Cl)Cl. The molecule has 1 aliphatic rings. The average Bonchev–Trinajstić information content (AvgIpc) is 2.23. The maximum atomic E-state index is 11.8. The Balaban J connectivity index is 2.76. The molecule has 0 aromatic rings. The summed E-state index contributed by atoms with van der Waals surface area (Å²) in [6.45, 7) is 7.10. The van der Waals surface area contributed by atoms with Crippen molar-refractivity contribution in [3.63, 3.8) is 0 Å². The minimum Gasteiger partial charge on any atom is -0.373 e. The zero-order chi connectivity index (χ0) is 14.6. The van der Waals surface area contributed by atoms with Gasteiger partial charge < -0.3 is 10.1 Å². The number of rotatable bonds is 4. The van der Waals surface area contributed by atoms with E-state index >= 15 is 0 Å². The van der Waals surface area contributed by atoms with Gasteiger partial charge >= 0.3 is 0 Å². The Labute approximate surface area is 129 Å². The van der Waals surface area contributed by atoms with Gasteiger partial charge in [0.1, 0.15) is 6.17 Å². The summed E-state index contributed by atoms with van der Waals surface area (Å²) in [4.78, 5) is 13.7. The van der Waals surface area contributed by atoms with Crippen molar-refractivity contribution in [3.05, 3.63) is 0 Å². The lowest BCUT2D eigenvalue weighted by atomic mass is 10.2. The summed E-state index contributed by atoms with van der Waals surface area (Å²) >= 11 is 18.0. The van der Waals surface area contributed by atoms with Gasteiger partial charge in [0.05, 0.1) is 12.2 Å². The Morgan fingerprint density at radius 2 is 1.89 bits per heavy atom. The van der Waals surface area contributed by atoms with E-state index in [0.717, 1.165) is 6.42 Å². The summed E-state index contributed by atoms with van der Waals surface area (Å²) in [5.74, 6) is -0.106. The predicted molar refractivity (Wildman–Crippen MR) is 78.7 cm³/mol. The molecule has 0 aromatic carbocycles. The molecule has 4 nitrogen and oxygen atoms in total. The Morgan fingerprint density at radius 3 is 2.32 bits per heavy atom. The van der Waals surface area contributed by atoms with Crippen molar-refractivity contribution in [1.82, 2.24) is 10.2 Å². The number of hydrogen-bond donors (Lipinski definition) is 1. The maximum absolute atomic E-state index is 11.8. The Morgan fingerprint density at radius 1 is 1.37 bits per heavy atom. The smallest absolute Gasteiger partial charge is 0.223 e. The number of nitrogens with zero attached hydrogens (tertiary/aromatic N) is 1. The van der Waals surface area contributed by atoms with Gasteiger partial charge in [0.2, 0.25) is 9.70 Å². The van der Waals surface area contributed by atoms with E-state index < -0.39 is 9.96 Å². The lowest BCUT2D eigenvalue weighted by molar-refractivity contribution is -0.126. The molecule has 0 unspecified atom stereocenters. The molecule has 0 aromatic heterocycles. The van der Waals surface area contributed by atoms with E-state index in [0.29, 0.717) is 19.5 Å². The molecule has 0 saturated carbocycles. The molecular formula is C12H21Cl3N2O2. The second kappa shape index (κ2) is 7.32. The van der Waals surface area contributed by atoms with Crippen LogP contribution in [0.25, 0.3) is 0 Å². The minimum atomic E-state index is -1.57. The van der Waals surface area contributed by atoms with E-state index in [2.05, 4.69) is 5.32 Å². The number of alkyl halides is 3. The molecular weight excluding hydrogens is 311 g/mol. The van der Waals surface area contributed by atoms with Crippen molar-refractivity contribution in [1.29, 1.82) is 0 Å². The molecule has 3 atom stereocenters. The number of hydrogen-bond acceptors (Lipinski definition) is 3. The van der Waals surface area contributed by atoms with Gasteiger partial charge in [0.15, 0.2) is 0 Å². The van der Waals surface area contributed by atoms with Crippen LogP contribution >= 0.6 is 34.8 Å². The van der Waals surface area contributed by atoms with E-state index in [1.807, 2.05) is 25.7 Å². The van der Waals surface area contributed by atoms with E-state index in [1.54, 1.807) is 0 Å². The quantitative estimate of drug-likeness (QED) is 0.805. The Hall–Kier alpha value is 0.260. The number of carbonyl (C=O) groups is 1. The molecule has 0 radical (unpaired) electrons. The first-order valence-corrected chi connectivity index (χ1v) is 7.63. The first-order valence-electron chi connectivity index (χ1n) is 6.49. The number of carbonyl (C=O) groups excluding carboxylic acids is 1. The Kier molecular flexibility index (Phi) is 6.67. The fourth-order valence-electron chi connectivity index (χ4n) is 2.26. The summed E-state index contributed by atoms with van der Waals surface area (Å²) in [5, 5.41) is 2.80. The van der Waals surface area contributed by atoms with Crippen molar-refractivity contribution >= 4 is 40.7 Å². The lowest BCUT2D eigenvalue weighted by Gasteiger charge is -2.42. The van der Waals surface area contributed by atoms with Crippen LogP contribution in [0.1, 0.15) is 33.6 Å². The number of ether oxygens (including phenoxy) is 1. The van der Waals surface area contributed by atoms with E-state index in [-0.39, 0.29) is 18.1 Å². The summed E-state index contributed by atoms with van der Waals surface area (Å²) < 4.78 is 4.08. The lowest BCUT2D eigenvalue weighted by Crippen LogP contribution is -2.60. The number of nitrogens with one attached hydrogen (secondary N) is 1. The highest BCUT2D eigenvalue weighted by molar-refractivity contribution is 6.68. The maximum Gasteiger partial charge on any atom is 0.223 e. The van der Waals surface area contributed by atoms with Crippen LogP contribution in [0.2, 0.25) is 0 Å². The van der Waals surface area contributed by atoms with Crippen molar-refractivity contribution in [2.45, 2.75) is 55.8 Å². The summed E-state index contributed by atoms with van der Waals surface area (Å²) in [7, 11) is 0. The third-order valence-electron chi connectivity index (χ3n) is 2.90. The summed E-state index contributed by atoms with van der Waals surface area (Å²) in [6.07, 6.45) is 0.634. The van der Waals surface area contributed by atoms with Gasteiger partial charge in [-0.25, -0.2) is 0 Å². The van der Waals surface area contributed by atoms with Crippen LogP contribution in [0.15, 0.2) is 0 Å². The zero-order valence-electron chi connectivity index (χ0n) is 11.5. The molecule has 1 N–H and O–H groups in total. The van der Waals surface area contributed by atoms with Crippen LogP contribution in [-0.4, -0.2) is 46.1 Å². The van der Waals surface area contributed by atoms with Gasteiger partial charge in [0.25, 0.3) is 0 Å². The number of morpholine rings is 1. The van der Waals surface area contributed by atoms with Gasteiger partial charge in [-0.05, 0) is 20.3 Å². The van der Waals surface area contributed by atoms with Crippen LogP contribution in [-0.2, 0) is 9.53 Å². The third kappa shape index (κ3) is 5.64. The summed E-state index contributed by atoms with van der Waals surface area (Å²) in [6, 6.07) is 0. The minimum absolute atomic E-state index is 0.0432. The molecule has 1 fully saturated rings. The highest BCUT2D eigenvalue weighted by Crippen LogP contribution is 2.33. The van der Waals surface area contributed by atoms with Crippen LogP contribution in [0, 0.1) is 0 Å². The van der Waals surface area contributed by atoms with Crippen LogP contribution < -0.4 is 5.32 Å². The zero-order valence-corrected chi connectivity index (χ0v) is 13.7. The molecule has 1 rings (SSSR count). The van der Waals surface area contributed by atoms with E-state index in [1.165, 1.54) is 0 Å². The molecule has 1 heterocycles. The Bertz CT molecular complexity index is 300. The molecule has 0 spiro atoms. The van der Waals surface area contributed by atoms with Gasteiger partial charge in [-0.3, -0.25) is 9.69 Å². The van der Waals surface area contributed by atoms with Crippen molar-refractivity contribution in [2.24, 2.45) is 0 Å². The fourth-order valence-corrected chi connectivity index (χ4v) is 2.84. The van der Waals surface area contributed by atoms with Gasteiger partial charge in [-0.15, -0.1) is 0 Å². The molecule has 112 valence electrons. The highest BCUT2D eigenvalue weighted by atomic mass is 35.6. The molecule has 0 bridgehead atoms. The van der Waals surface area contributed by atoms with Crippen molar-refractivity contribution in [3.8, 4) is 0 Å². The number of amides is 1. The topological polar surface area (TPSA) is 41.6 Å². The first-order chi connectivity index (χ1) is 8.74. The van der Waals surface area contributed by atoms with Gasteiger partial charge in [0, 0.05) is 19.5 Å². The highest BCUT2D eigenvalue weighted by Gasteiger charge is 2.40. The average molecular weight is 332 g/mol. The molecule has 1 amide bonds. The van der Waals surface area contributed by atoms with Crippen LogP contribution in [0.3, 0.4) is 0 Å². The normalized spacial score (nSPS) is 27.1. The fraction of sp³-hybridized carbons (Fsp3) is 0.917. The molecule has 1 saturated heterocycles. The standard InChI is InChI=1S/C12H21Cl3N2O2/c1-4-5-10(18)16-11(12(13,14)15)17-6-8(2)19-9(3)7-17/h8-9,11H,4-7H2,1-3H3,(H,16,18)/t8-,9-,11+/m1/s1. The molecule has 0 aliphatic carbocycles. The second-order valence-corrected chi connectivity index (χ2v) is 7.34. The predicted octanol–water partition coefficient (Wildman–Crippen LogP) is 2.71.